The molecule has 2 aromatic rings. The lowest BCUT2D eigenvalue weighted by molar-refractivity contribution is -0.115. The molecule has 6 heteroatoms. The smallest absolute Gasteiger partial charge is 0.253 e. The predicted octanol–water partition coefficient (Wildman–Crippen LogP) is 3.24. The summed E-state index contributed by atoms with van der Waals surface area (Å²) in [6, 6.07) is 12.5. The summed E-state index contributed by atoms with van der Waals surface area (Å²) in [6.45, 7) is 2.60. The normalized spacial score (nSPS) is 14.4. The van der Waals surface area contributed by atoms with E-state index in [1.54, 1.807) is 36.2 Å². The van der Waals surface area contributed by atoms with Crippen LogP contribution in [0.4, 0.5) is 11.4 Å². The van der Waals surface area contributed by atoms with Gasteiger partial charge < -0.3 is 20.6 Å². The largest absolute Gasteiger partial charge is 0.508 e. The van der Waals surface area contributed by atoms with Gasteiger partial charge in [0.25, 0.3) is 5.91 Å². The first kappa shape index (κ1) is 18.8. The van der Waals surface area contributed by atoms with E-state index in [0.717, 1.165) is 24.1 Å². The maximum absolute atomic E-state index is 12.9. The zero-order chi connectivity index (χ0) is 19.4. The van der Waals surface area contributed by atoms with Gasteiger partial charge in [-0.3, -0.25) is 9.59 Å². The maximum Gasteiger partial charge on any atom is 0.253 e. The molecule has 6 nitrogen and oxygen atoms in total. The number of hydrogen-bond acceptors (Lipinski definition) is 4. The van der Waals surface area contributed by atoms with E-state index in [0.29, 0.717) is 24.2 Å². The Morgan fingerprint density at radius 1 is 1.19 bits per heavy atom. The third-order valence-corrected chi connectivity index (χ3v) is 4.98. The van der Waals surface area contributed by atoms with Crippen molar-refractivity contribution in [2.24, 2.45) is 0 Å². The number of hydrogen-bond donors (Lipinski definition) is 3. The van der Waals surface area contributed by atoms with E-state index >= 15 is 0 Å². The highest BCUT2D eigenvalue weighted by molar-refractivity contribution is 6.00. The van der Waals surface area contributed by atoms with Crippen LogP contribution in [-0.2, 0) is 11.2 Å². The maximum atomic E-state index is 12.9. The van der Waals surface area contributed by atoms with Crippen LogP contribution in [0.1, 0.15) is 35.7 Å². The number of carbonyl (C=O) groups excluding carboxylic acids is 2. The number of benzene rings is 2. The van der Waals surface area contributed by atoms with Crippen LogP contribution < -0.4 is 10.6 Å². The van der Waals surface area contributed by atoms with Crippen LogP contribution in [0, 0.1) is 0 Å². The van der Waals surface area contributed by atoms with Crippen molar-refractivity contribution in [2.45, 2.75) is 32.2 Å². The third kappa shape index (κ3) is 4.58. The average Bonchev–Trinajstić information content (AvgIpc) is 2.85. The lowest BCUT2D eigenvalue weighted by Gasteiger charge is -2.25. The molecule has 0 saturated heterocycles. The van der Waals surface area contributed by atoms with E-state index in [4.69, 9.17) is 0 Å². The number of phenols is 1. The summed E-state index contributed by atoms with van der Waals surface area (Å²) in [7, 11) is 1.80. The van der Waals surface area contributed by atoms with E-state index in [-0.39, 0.29) is 23.6 Å². The predicted molar refractivity (Wildman–Crippen MR) is 106 cm³/mol. The molecule has 0 aliphatic carbocycles. The highest BCUT2D eigenvalue weighted by Gasteiger charge is 2.20. The van der Waals surface area contributed by atoms with Crippen LogP contribution >= 0.6 is 0 Å². The summed E-state index contributed by atoms with van der Waals surface area (Å²) >= 11 is 0. The number of rotatable bonds is 5. The van der Waals surface area contributed by atoms with Crippen molar-refractivity contribution < 1.29 is 14.7 Å². The number of amides is 2. The molecule has 1 atom stereocenters. The van der Waals surface area contributed by atoms with Gasteiger partial charge in [0, 0.05) is 31.6 Å². The van der Waals surface area contributed by atoms with Crippen LogP contribution in [0.2, 0.25) is 0 Å². The van der Waals surface area contributed by atoms with Crippen molar-refractivity contribution in [1.29, 1.82) is 0 Å². The number of aryl methyl sites for hydroxylation is 1. The van der Waals surface area contributed by atoms with Crippen molar-refractivity contribution in [3.63, 3.8) is 0 Å². The van der Waals surface area contributed by atoms with Gasteiger partial charge in [-0.25, -0.2) is 0 Å². The van der Waals surface area contributed by atoms with Crippen molar-refractivity contribution in [2.75, 3.05) is 24.2 Å². The molecule has 1 unspecified atom stereocenters. The zero-order valence-corrected chi connectivity index (χ0v) is 15.7. The highest BCUT2D eigenvalue weighted by Crippen LogP contribution is 2.26. The van der Waals surface area contributed by atoms with Gasteiger partial charge in [-0.15, -0.1) is 0 Å². The van der Waals surface area contributed by atoms with E-state index in [1.165, 1.54) is 0 Å². The second-order valence-electron chi connectivity index (χ2n) is 6.96. The van der Waals surface area contributed by atoms with Crippen LogP contribution in [0.5, 0.6) is 5.75 Å². The van der Waals surface area contributed by atoms with Gasteiger partial charge in [0.1, 0.15) is 5.75 Å². The van der Waals surface area contributed by atoms with Crippen molar-refractivity contribution in [1.82, 2.24) is 4.90 Å². The number of anilines is 2. The van der Waals surface area contributed by atoms with Crippen molar-refractivity contribution in [3.05, 3.63) is 53.6 Å². The number of fused-ring (bicyclic) bond motifs is 1. The van der Waals surface area contributed by atoms with Crippen molar-refractivity contribution >= 4 is 23.2 Å². The van der Waals surface area contributed by atoms with Gasteiger partial charge in [0.15, 0.2) is 0 Å². The van der Waals surface area contributed by atoms with Gasteiger partial charge in [-0.2, -0.15) is 0 Å². The Kier molecular flexibility index (Phi) is 5.64. The molecular weight excluding hydrogens is 342 g/mol. The van der Waals surface area contributed by atoms with Gasteiger partial charge in [-0.1, -0.05) is 12.1 Å². The molecule has 2 aromatic carbocycles. The minimum Gasteiger partial charge on any atom is -0.508 e. The molecule has 1 heterocycles. The molecule has 0 saturated carbocycles. The number of nitrogens with one attached hydrogen (secondary N) is 2. The first-order chi connectivity index (χ1) is 12.9. The first-order valence-corrected chi connectivity index (χ1v) is 9.17. The fourth-order valence-corrected chi connectivity index (χ4v) is 3.09. The number of aromatic hydroxyl groups is 1. The summed E-state index contributed by atoms with van der Waals surface area (Å²) in [5.41, 5.74) is 3.16. The lowest BCUT2D eigenvalue weighted by atomic mass is 10.0. The van der Waals surface area contributed by atoms with Gasteiger partial charge in [0.2, 0.25) is 5.91 Å². The van der Waals surface area contributed by atoms with Gasteiger partial charge >= 0.3 is 0 Å². The molecule has 1 aliphatic heterocycles. The molecule has 3 rings (SSSR count). The first-order valence-electron chi connectivity index (χ1n) is 9.17. The molecular formula is C21H25N3O3. The van der Waals surface area contributed by atoms with Gasteiger partial charge in [0.05, 0.1) is 11.4 Å². The third-order valence-electron chi connectivity index (χ3n) is 4.98. The zero-order valence-electron chi connectivity index (χ0n) is 15.7. The van der Waals surface area contributed by atoms with Gasteiger partial charge in [-0.05, 0) is 55.7 Å². The Labute approximate surface area is 159 Å². The molecule has 0 radical (unpaired) electrons. The number of carbonyl (C=O) groups is 2. The highest BCUT2D eigenvalue weighted by atomic mass is 16.3. The average molecular weight is 367 g/mol. The van der Waals surface area contributed by atoms with Crippen LogP contribution in [0.25, 0.3) is 0 Å². The Bertz CT molecular complexity index is 833. The molecule has 1 aliphatic rings. The summed E-state index contributed by atoms with van der Waals surface area (Å²) < 4.78 is 0. The summed E-state index contributed by atoms with van der Waals surface area (Å²) in [6.07, 6.45) is 2.05. The molecule has 2 amide bonds. The quantitative estimate of drug-likeness (QED) is 0.758. The molecule has 0 bridgehead atoms. The fraction of sp³-hybridized carbons (Fsp3) is 0.333. The monoisotopic (exact) mass is 367 g/mol. The molecule has 0 fully saturated rings. The summed E-state index contributed by atoms with van der Waals surface area (Å²) in [5, 5.41) is 15.4. The molecule has 3 N–H and O–H groups in total. The Morgan fingerprint density at radius 2 is 1.93 bits per heavy atom. The summed E-state index contributed by atoms with van der Waals surface area (Å²) in [5.74, 6) is 0.125. The number of phenolic OH excluding ortho intramolecular Hbond substituents is 1. The second kappa shape index (κ2) is 8.12. The van der Waals surface area contributed by atoms with Crippen molar-refractivity contribution in [3.8, 4) is 5.75 Å². The van der Waals surface area contributed by atoms with E-state index < -0.39 is 0 Å². The Morgan fingerprint density at radius 3 is 2.67 bits per heavy atom. The van der Waals surface area contributed by atoms with Crippen LogP contribution in [0.15, 0.2) is 42.5 Å². The molecule has 142 valence electrons. The SMILES string of the molecule is CC(CCc1ccc(O)cc1)N(C)C(=O)c1ccc2c(c1)NC(=O)CCN2. The van der Waals surface area contributed by atoms with E-state index in [9.17, 15) is 14.7 Å². The Hall–Kier alpha value is -3.02. The topological polar surface area (TPSA) is 81.7 Å². The molecule has 27 heavy (non-hydrogen) atoms. The second-order valence-corrected chi connectivity index (χ2v) is 6.96. The molecule has 0 aromatic heterocycles. The van der Waals surface area contributed by atoms with E-state index in [2.05, 4.69) is 10.6 Å². The summed E-state index contributed by atoms with van der Waals surface area (Å²) in [4.78, 5) is 26.3. The van der Waals surface area contributed by atoms with Crippen LogP contribution in [-0.4, -0.2) is 41.5 Å². The molecule has 0 spiro atoms. The fourth-order valence-electron chi connectivity index (χ4n) is 3.09. The van der Waals surface area contributed by atoms with Crippen LogP contribution in [0.3, 0.4) is 0 Å². The minimum absolute atomic E-state index is 0.0535. The Balaban J connectivity index is 1.65. The lowest BCUT2D eigenvalue weighted by Crippen LogP contribution is -2.35. The standard InChI is InChI=1S/C21H25N3O3/c1-14(3-4-15-5-8-17(25)9-6-15)24(2)21(27)16-7-10-18-19(13-16)23-20(26)11-12-22-18/h5-10,13-14,22,25H,3-4,11-12H2,1-2H3,(H,23,26). The van der Waals surface area contributed by atoms with E-state index in [1.807, 2.05) is 25.1 Å². The minimum atomic E-state index is -0.0745. The number of nitrogens with zero attached hydrogens (tertiary/aromatic N) is 1.